The van der Waals surface area contributed by atoms with Crippen molar-refractivity contribution in [3.05, 3.63) is 48.5 Å². The Bertz CT molecular complexity index is 807. The average Bonchev–Trinajstić information content (AvgIpc) is 2.81. The van der Waals surface area contributed by atoms with Crippen LogP contribution in [0, 0.1) is 0 Å². The van der Waals surface area contributed by atoms with Gasteiger partial charge in [0.05, 0.1) is 4.90 Å². The van der Waals surface area contributed by atoms with Crippen molar-refractivity contribution >= 4 is 21.2 Å². The average molecular weight is 297 g/mol. The van der Waals surface area contributed by atoms with E-state index in [0.717, 1.165) is 5.52 Å². The molecule has 0 radical (unpaired) electrons. The van der Waals surface area contributed by atoms with Crippen molar-refractivity contribution < 1.29 is 46.9 Å². The van der Waals surface area contributed by atoms with Crippen LogP contribution in [-0.2, 0) is 10.1 Å². The zero-order valence-corrected chi connectivity index (χ0v) is 13.4. The first-order valence-electron chi connectivity index (χ1n) is 5.46. The molecule has 96 valence electrons. The Morgan fingerprint density at radius 1 is 1.00 bits per heavy atom. The Labute approximate surface area is 137 Å². The van der Waals surface area contributed by atoms with Crippen molar-refractivity contribution in [2.75, 3.05) is 0 Å². The van der Waals surface area contributed by atoms with Crippen LogP contribution in [0.5, 0.6) is 0 Å². The Morgan fingerprint density at radius 2 is 1.65 bits per heavy atom. The van der Waals surface area contributed by atoms with Gasteiger partial charge in [0, 0.05) is 5.56 Å². The molecule has 1 aromatic heterocycles. The van der Waals surface area contributed by atoms with Crippen molar-refractivity contribution in [1.82, 2.24) is 4.98 Å². The van der Waals surface area contributed by atoms with E-state index in [1.165, 1.54) is 24.3 Å². The first-order valence-corrected chi connectivity index (χ1v) is 6.87. The molecule has 3 aromatic rings. The van der Waals surface area contributed by atoms with Crippen molar-refractivity contribution in [2.45, 2.75) is 4.90 Å². The van der Waals surface area contributed by atoms with Crippen LogP contribution >= 0.6 is 0 Å². The van der Waals surface area contributed by atoms with Gasteiger partial charge in [-0.15, -0.1) is 0 Å². The van der Waals surface area contributed by atoms with Crippen molar-refractivity contribution in [1.29, 1.82) is 0 Å². The van der Waals surface area contributed by atoms with Gasteiger partial charge in [0.1, 0.15) is 15.6 Å². The van der Waals surface area contributed by atoms with Crippen LogP contribution in [-0.4, -0.2) is 18.0 Å². The molecular formula is C13H8NNaO4S. The SMILES string of the molecule is O=S(=O)([O-])c1ccc(-c2nc3ccccc3o2)cc1.[Na+]. The molecule has 20 heavy (non-hydrogen) atoms. The Hall–Kier alpha value is -1.18. The fourth-order valence-corrected chi connectivity index (χ4v) is 2.23. The second-order valence-corrected chi connectivity index (χ2v) is 5.34. The van der Waals surface area contributed by atoms with E-state index >= 15 is 0 Å². The van der Waals surface area contributed by atoms with E-state index < -0.39 is 10.1 Å². The van der Waals surface area contributed by atoms with Gasteiger partial charge < -0.3 is 8.97 Å². The standard InChI is InChI=1S/C13H9NO4S.Na/c15-19(16,17)10-7-5-9(6-8-10)13-14-11-3-1-2-4-12(11)18-13;/h1-8H,(H,15,16,17);/q;+1/p-1. The molecule has 0 aliphatic carbocycles. The van der Waals surface area contributed by atoms with E-state index in [4.69, 9.17) is 4.42 Å². The second-order valence-electron chi connectivity index (χ2n) is 3.97. The summed E-state index contributed by atoms with van der Waals surface area (Å²) in [5, 5.41) is 0. The molecule has 0 atom stereocenters. The quantitative estimate of drug-likeness (QED) is 0.466. The predicted octanol–water partition coefficient (Wildman–Crippen LogP) is -0.597. The molecule has 0 unspecified atom stereocenters. The van der Waals surface area contributed by atoms with Gasteiger partial charge in [0.25, 0.3) is 0 Å². The Kier molecular flexibility index (Phi) is 4.31. The molecule has 0 spiro atoms. The van der Waals surface area contributed by atoms with Gasteiger partial charge >= 0.3 is 29.6 Å². The van der Waals surface area contributed by atoms with Crippen molar-refractivity contribution in [2.24, 2.45) is 0 Å². The summed E-state index contributed by atoms with van der Waals surface area (Å²) in [6, 6.07) is 12.8. The number of aromatic nitrogens is 1. The van der Waals surface area contributed by atoms with E-state index in [2.05, 4.69) is 4.98 Å². The molecule has 0 aliphatic rings. The molecule has 0 N–H and O–H groups in total. The van der Waals surface area contributed by atoms with Crippen LogP contribution < -0.4 is 29.6 Å². The zero-order valence-electron chi connectivity index (χ0n) is 10.6. The van der Waals surface area contributed by atoms with Gasteiger partial charge in [-0.2, -0.15) is 0 Å². The summed E-state index contributed by atoms with van der Waals surface area (Å²) >= 11 is 0. The molecule has 0 bridgehead atoms. The number of rotatable bonds is 2. The van der Waals surface area contributed by atoms with Gasteiger partial charge in [-0.25, -0.2) is 13.4 Å². The van der Waals surface area contributed by atoms with Gasteiger partial charge in [0.15, 0.2) is 5.58 Å². The largest absolute Gasteiger partial charge is 1.00 e. The fourth-order valence-electron chi connectivity index (χ4n) is 1.76. The monoisotopic (exact) mass is 297 g/mol. The topological polar surface area (TPSA) is 83.2 Å². The first kappa shape index (κ1) is 15.2. The van der Waals surface area contributed by atoms with Crippen molar-refractivity contribution in [3.63, 3.8) is 0 Å². The molecule has 3 rings (SSSR count). The number of para-hydroxylation sites is 2. The number of nitrogens with zero attached hydrogens (tertiary/aromatic N) is 1. The van der Waals surface area contributed by atoms with Gasteiger partial charge in [-0.05, 0) is 36.4 Å². The third kappa shape index (κ3) is 2.94. The molecule has 0 amide bonds. The van der Waals surface area contributed by atoms with E-state index in [0.29, 0.717) is 17.0 Å². The van der Waals surface area contributed by atoms with Crippen LogP contribution in [0.1, 0.15) is 0 Å². The number of fused-ring (bicyclic) bond motifs is 1. The summed E-state index contributed by atoms with van der Waals surface area (Å²) in [6.07, 6.45) is 0. The number of hydrogen-bond donors (Lipinski definition) is 0. The molecule has 0 aliphatic heterocycles. The minimum atomic E-state index is -4.43. The number of oxazole rings is 1. The van der Waals surface area contributed by atoms with Crippen LogP contribution in [0.15, 0.2) is 57.8 Å². The van der Waals surface area contributed by atoms with Crippen LogP contribution in [0.2, 0.25) is 0 Å². The minimum absolute atomic E-state index is 0. The molecule has 0 saturated heterocycles. The van der Waals surface area contributed by atoms with Crippen LogP contribution in [0.3, 0.4) is 0 Å². The third-order valence-electron chi connectivity index (χ3n) is 2.68. The molecule has 7 heteroatoms. The fraction of sp³-hybridized carbons (Fsp3) is 0. The maximum absolute atomic E-state index is 10.8. The van der Waals surface area contributed by atoms with Gasteiger partial charge in [-0.1, -0.05) is 12.1 Å². The molecule has 1 heterocycles. The smallest absolute Gasteiger partial charge is 0.744 e. The third-order valence-corrected chi connectivity index (χ3v) is 3.53. The van der Waals surface area contributed by atoms with E-state index in [9.17, 15) is 13.0 Å². The summed E-state index contributed by atoms with van der Waals surface area (Å²) in [5.74, 6) is 0.385. The Balaban J connectivity index is 0.00000147. The molecular weight excluding hydrogens is 289 g/mol. The zero-order chi connectivity index (χ0) is 13.5. The summed E-state index contributed by atoms with van der Waals surface area (Å²) < 4.78 is 38.0. The summed E-state index contributed by atoms with van der Waals surface area (Å²) in [6.45, 7) is 0. The number of benzene rings is 2. The van der Waals surface area contributed by atoms with Gasteiger partial charge in [-0.3, -0.25) is 0 Å². The van der Waals surface area contributed by atoms with E-state index in [1.54, 1.807) is 6.07 Å². The van der Waals surface area contributed by atoms with Crippen LogP contribution in [0.25, 0.3) is 22.6 Å². The second kappa shape index (κ2) is 5.67. The molecule has 0 fully saturated rings. The minimum Gasteiger partial charge on any atom is -0.744 e. The molecule has 0 saturated carbocycles. The Morgan fingerprint density at radius 3 is 2.25 bits per heavy atom. The van der Waals surface area contributed by atoms with E-state index in [-0.39, 0.29) is 34.5 Å². The van der Waals surface area contributed by atoms with Gasteiger partial charge in [0.2, 0.25) is 5.89 Å². The molecule has 2 aromatic carbocycles. The normalized spacial score (nSPS) is 11.2. The first-order chi connectivity index (χ1) is 9.04. The van der Waals surface area contributed by atoms with Crippen molar-refractivity contribution in [3.8, 4) is 11.5 Å². The maximum Gasteiger partial charge on any atom is 1.00 e. The summed E-state index contributed by atoms with van der Waals surface area (Å²) in [7, 11) is -4.43. The van der Waals surface area contributed by atoms with E-state index in [1.807, 2.05) is 18.2 Å². The molecule has 5 nitrogen and oxygen atoms in total. The summed E-state index contributed by atoms with van der Waals surface area (Å²) in [5.41, 5.74) is 1.99. The number of hydrogen-bond acceptors (Lipinski definition) is 5. The summed E-state index contributed by atoms with van der Waals surface area (Å²) in [4.78, 5) is 4.01. The predicted molar refractivity (Wildman–Crippen MR) is 67.4 cm³/mol. The maximum atomic E-state index is 10.8. The van der Waals surface area contributed by atoms with Crippen LogP contribution in [0.4, 0.5) is 0 Å².